The summed E-state index contributed by atoms with van der Waals surface area (Å²) < 4.78 is 1.73. The molecule has 0 amide bonds. The van der Waals surface area contributed by atoms with E-state index in [0.29, 0.717) is 30.4 Å². The van der Waals surface area contributed by atoms with Crippen molar-refractivity contribution in [3.05, 3.63) is 24.5 Å². The van der Waals surface area contributed by atoms with Crippen LogP contribution in [-0.4, -0.2) is 26.5 Å². The van der Waals surface area contributed by atoms with E-state index in [1.54, 1.807) is 29.2 Å². The fraction of sp³-hybridized carbons (Fsp3) is 0.222. The van der Waals surface area contributed by atoms with Crippen molar-refractivity contribution in [1.82, 2.24) is 20.0 Å². The molecular formula is C9H13N7. The zero-order valence-corrected chi connectivity index (χ0v) is 8.67. The van der Waals surface area contributed by atoms with Gasteiger partial charge in [0.05, 0.1) is 18.4 Å². The van der Waals surface area contributed by atoms with Gasteiger partial charge in [-0.25, -0.2) is 4.98 Å². The molecule has 5 N–H and O–H groups in total. The molecule has 7 nitrogen and oxygen atoms in total. The van der Waals surface area contributed by atoms with Gasteiger partial charge in [0.1, 0.15) is 11.6 Å². The fourth-order valence-corrected chi connectivity index (χ4v) is 1.23. The van der Waals surface area contributed by atoms with E-state index in [4.69, 9.17) is 11.5 Å². The maximum absolute atomic E-state index is 5.58. The fourth-order valence-electron chi connectivity index (χ4n) is 1.23. The first kappa shape index (κ1) is 10.2. The van der Waals surface area contributed by atoms with Gasteiger partial charge < -0.3 is 16.8 Å². The number of hydrogen-bond acceptors (Lipinski definition) is 6. The number of aromatic nitrogens is 4. The van der Waals surface area contributed by atoms with Crippen molar-refractivity contribution < 1.29 is 0 Å². The van der Waals surface area contributed by atoms with Crippen molar-refractivity contribution >= 4 is 17.3 Å². The topological polar surface area (TPSA) is 108 Å². The van der Waals surface area contributed by atoms with Gasteiger partial charge in [-0.05, 0) is 12.1 Å². The summed E-state index contributed by atoms with van der Waals surface area (Å²) in [6.07, 6.45) is 3.44. The zero-order chi connectivity index (χ0) is 11.4. The van der Waals surface area contributed by atoms with Crippen LogP contribution in [0.25, 0.3) is 0 Å². The van der Waals surface area contributed by atoms with Crippen LogP contribution in [0.4, 0.5) is 17.3 Å². The molecule has 0 aromatic carbocycles. The van der Waals surface area contributed by atoms with Gasteiger partial charge in [-0.3, -0.25) is 4.68 Å². The van der Waals surface area contributed by atoms with E-state index in [2.05, 4.69) is 20.6 Å². The summed E-state index contributed by atoms with van der Waals surface area (Å²) in [7, 11) is 0. The Morgan fingerprint density at radius 1 is 1.31 bits per heavy atom. The Hall–Kier alpha value is -2.31. The van der Waals surface area contributed by atoms with Gasteiger partial charge >= 0.3 is 0 Å². The van der Waals surface area contributed by atoms with Gasteiger partial charge in [-0.1, -0.05) is 5.21 Å². The van der Waals surface area contributed by atoms with Crippen molar-refractivity contribution in [2.24, 2.45) is 0 Å². The van der Waals surface area contributed by atoms with Crippen LogP contribution in [0.15, 0.2) is 24.5 Å². The van der Waals surface area contributed by atoms with E-state index in [1.165, 1.54) is 0 Å². The molecule has 16 heavy (non-hydrogen) atoms. The molecule has 7 heteroatoms. The Bertz CT molecular complexity index is 451. The van der Waals surface area contributed by atoms with Crippen LogP contribution in [0.3, 0.4) is 0 Å². The molecule has 0 aliphatic rings. The first-order valence-electron chi connectivity index (χ1n) is 4.85. The second kappa shape index (κ2) is 4.47. The van der Waals surface area contributed by atoms with Gasteiger partial charge in [-0.15, -0.1) is 5.10 Å². The van der Waals surface area contributed by atoms with E-state index in [9.17, 15) is 0 Å². The number of anilines is 3. The van der Waals surface area contributed by atoms with Gasteiger partial charge in [-0.2, -0.15) is 0 Å². The van der Waals surface area contributed by atoms with Crippen molar-refractivity contribution in [3.63, 3.8) is 0 Å². The highest BCUT2D eigenvalue weighted by atomic mass is 15.4. The Labute approximate surface area is 92.5 Å². The summed E-state index contributed by atoms with van der Waals surface area (Å²) in [5, 5.41) is 10.7. The van der Waals surface area contributed by atoms with Crippen LogP contribution >= 0.6 is 0 Å². The minimum absolute atomic E-state index is 0.339. The number of pyridine rings is 1. The molecule has 0 spiro atoms. The standard InChI is InChI=1S/C9H13N7/c10-7-1-2-8(14-9(7)11)12-3-5-16-6-4-13-15-16/h1-2,4,6H,3,5,10H2,(H3,11,12,14). The molecule has 2 heterocycles. The molecule has 0 atom stereocenters. The quantitative estimate of drug-likeness (QED) is 0.665. The average molecular weight is 219 g/mol. The Balaban J connectivity index is 1.87. The van der Waals surface area contributed by atoms with E-state index in [1.807, 2.05) is 0 Å². The molecule has 0 radical (unpaired) electrons. The number of hydrogen-bond donors (Lipinski definition) is 3. The largest absolute Gasteiger partial charge is 0.396 e. The second-order valence-electron chi connectivity index (χ2n) is 3.26. The van der Waals surface area contributed by atoms with Crippen LogP contribution in [0, 0.1) is 0 Å². The van der Waals surface area contributed by atoms with E-state index < -0.39 is 0 Å². The lowest BCUT2D eigenvalue weighted by atomic mass is 10.4. The summed E-state index contributed by atoms with van der Waals surface area (Å²) in [5.41, 5.74) is 11.6. The smallest absolute Gasteiger partial charge is 0.149 e. The summed E-state index contributed by atoms with van der Waals surface area (Å²) in [5.74, 6) is 1.04. The number of nitrogens with one attached hydrogen (secondary N) is 1. The maximum Gasteiger partial charge on any atom is 0.149 e. The normalized spacial score (nSPS) is 10.2. The van der Waals surface area contributed by atoms with Crippen LogP contribution < -0.4 is 16.8 Å². The Morgan fingerprint density at radius 2 is 2.19 bits per heavy atom. The molecule has 0 unspecified atom stereocenters. The Morgan fingerprint density at radius 3 is 2.88 bits per heavy atom. The highest BCUT2D eigenvalue weighted by molar-refractivity contribution is 5.61. The van der Waals surface area contributed by atoms with Crippen molar-refractivity contribution in [2.75, 3.05) is 23.3 Å². The van der Waals surface area contributed by atoms with Gasteiger partial charge in [0.2, 0.25) is 0 Å². The highest BCUT2D eigenvalue weighted by Gasteiger charge is 1.98. The molecule has 0 saturated carbocycles. The van der Waals surface area contributed by atoms with E-state index >= 15 is 0 Å². The van der Waals surface area contributed by atoms with Crippen molar-refractivity contribution in [2.45, 2.75) is 6.54 Å². The van der Waals surface area contributed by atoms with Crippen LogP contribution in [-0.2, 0) is 6.54 Å². The molecule has 0 fully saturated rings. The summed E-state index contributed by atoms with van der Waals surface area (Å²) in [6.45, 7) is 1.41. The molecule has 0 bridgehead atoms. The van der Waals surface area contributed by atoms with Crippen LogP contribution in [0.5, 0.6) is 0 Å². The number of rotatable bonds is 4. The van der Waals surface area contributed by atoms with Gasteiger partial charge in [0, 0.05) is 12.7 Å². The minimum atomic E-state index is 0.339. The zero-order valence-electron chi connectivity index (χ0n) is 8.67. The molecule has 0 saturated heterocycles. The first-order valence-corrected chi connectivity index (χ1v) is 4.85. The van der Waals surface area contributed by atoms with Crippen molar-refractivity contribution in [1.29, 1.82) is 0 Å². The van der Waals surface area contributed by atoms with Crippen LogP contribution in [0.2, 0.25) is 0 Å². The molecule has 2 aromatic heterocycles. The van der Waals surface area contributed by atoms with E-state index in [-0.39, 0.29) is 0 Å². The molecule has 2 rings (SSSR count). The monoisotopic (exact) mass is 219 g/mol. The third-order valence-electron chi connectivity index (χ3n) is 2.08. The molecule has 0 aliphatic carbocycles. The molecule has 2 aromatic rings. The summed E-state index contributed by atoms with van der Waals surface area (Å²) >= 11 is 0. The average Bonchev–Trinajstić information content (AvgIpc) is 2.76. The summed E-state index contributed by atoms with van der Waals surface area (Å²) in [6, 6.07) is 3.51. The summed E-state index contributed by atoms with van der Waals surface area (Å²) in [4.78, 5) is 4.09. The third-order valence-corrected chi connectivity index (χ3v) is 2.08. The van der Waals surface area contributed by atoms with Crippen molar-refractivity contribution in [3.8, 4) is 0 Å². The lowest BCUT2D eigenvalue weighted by Gasteiger charge is -2.06. The lowest BCUT2D eigenvalue weighted by molar-refractivity contribution is 0.608. The minimum Gasteiger partial charge on any atom is -0.396 e. The maximum atomic E-state index is 5.58. The van der Waals surface area contributed by atoms with Gasteiger partial charge in [0.15, 0.2) is 0 Å². The number of nitrogen functional groups attached to an aromatic ring is 2. The van der Waals surface area contributed by atoms with Crippen LogP contribution in [0.1, 0.15) is 0 Å². The predicted octanol–water partition coefficient (Wildman–Crippen LogP) is -0.0504. The predicted molar refractivity (Wildman–Crippen MR) is 61.6 cm³/mol. The third kappa shape index (κ3) is 2.38. The second-order valence-corrected chi connectivity index (χ2v) is 3.26. The number of nitrogens with zero attached hydrogens (tertiary/aromatic N) is 4. The molecular weight excluding hydrogens is 206 g/mol. The SMILES string of the molecule is Nc1ccc(NCCn2ccnn2)nc1N. The number of nitrogens with two attached hydrogens (primary N) is 2. The van der Waals surface area contributed by atoms with E-state index in [0.717, 1.165) is 0 Å². The van der Waals surface area contributed by atoms with Gasteiger partial charge in [0.25, 0.3) is 0 Å². The lowest BCUT2D eigenvalue weighted by Crippen LogP contribution is -2.12. The molecule has 84 valence electrons. The first-order chi connectivity index (χ1) is 7.75. The Kier molecular flexibility index (Phi) is 2.86. The molecule has 0 aliphatic heterocycles. The highest BCUT2D eigenvalue weighted by Crippen LogP contribution is 2.14.